The standard InChI is InChI=1S/C19H31NO2S/c1-13(2)10-16(18-6-5-9-23-18)20-19(21)12-15-7-8-22-17(11-15)14(3)4/h5-6,9,13-17H,7-8,10-12H2,1-4H3,(H,20,21). The second-order valence-electron chi connectivity index (χ2n) is 7.51. The van der Waals surface area contributed by atoms with Crippen LogP contribution in [0.25, 0.3) is 0 Å². The van der Waals surface area contributed by atoms with Crippen molar-refractivity contribution in [1.82, 2.24) is 5.32 Å². The Kier molecular flexibility index (Phi) is 7.09. The van der Waals surface area contributed by atoms with Gasteiger partial charge in [0.2, 0.25) is 5.91 Å². The Morgan fingerprint density at radius 1 is 1.39 bits per heavy atom. The topological polar surface area (TPSA) is 38.3 Å². The van der Waals surface area contributed by atoms with E-state index in [4.69, 9.17) is 4.74 Å². The van der Waals surface area contributed by atoms with Crippen LogP contribution in [0, 0.1) is 17.8 Å². The zero-order valence-electron chi connectivity index (χ0n) is 14.9. The van der Waals surface area contributed by atoms with Crippen LogP contribution in [0.4, 0.5) is 0 Å². The Balaban J connectivity index is 1.89. The van der Waals surface area contributed by atoms with Gasteiger partial charge in [-0.25, -0.2) is 0 Å². The minimum absolute atomic E-state index is 0.156. The number of carbonyl (C=O) groups is 1. The average molecular weight is 338 g/mol. The Hall–Kier alpha value is -0.870. The molecular formula is C19H31NO2S. The highest BCUT2D eigenvalue weighted by atomic mass is 32.1. The van der Waals surface area contributed by atoms with E-state index in [0.717, 1.165) is 25.9 Å². The van der Waals surface area contributed by atoms with Crippen LogP contribution in [-0.2, 0) is 9.53 Å². The van der Waals surface area contributed by atoms with E-state index in [2.05, 4.69) is 50.5 Å². The first-order chi connectivity index (χ1) is 11.0. The van der Waals surface area contributed by atoms with Crippen molar-refractivity contribution in [2.45, 2.75) is 65.5 Å². The average Bonchev–Trinajstić information content (AvgIpc) is 3.00. The van der Waals surface area contributed by atoms with Crippen molar-refractivity contribution >= 4 is 17.2 Å². The van der Waals surface area contributed by atoms with Crippen molar-refractivity contribution < 1.29 is 9.53 Å². The SMILES string of the molecule is CC(C)CC(NC(=O)CC1CCOC(C(C)C)C1)c1cccs1. The molecule has 2 heterocycles. The number of amides is 1. The van der Waals surface area contributed by atoms with Crippen molar-refractivity contribution in [3.05, 3.63) is 22.4 Å². The molecule has 2 rings (SSSR count). The van der Waals surface area contributed by atoms with Crippen LogP contribution in [0.3, 0.4) is 0 Å². The fourth-order valence-corrected chi connectivity index (χ4v) is 4.06. The van der Waals surface area contributed by atoms with Crippen LogP contribution < -0.4 is 5.32 Å². The zero-order valence-corrected chi connectivity index (χ0v) is 15.7. The summed E-state index contributed by atoms with van der Waals surface area (Å²) in [6.45, 7) is 9.60. The summed E-state index contributed by atoms with van der Waals surface area (Å²) in [5.74, 6) is 1.74. The Labute approximate surface area is 144 Å². The van der Waals surface area contributed by atoms with E-state index in [9.17, 15) is 4.79 Å². The van der Waals surface area contributed by atoms with E-state index in [0.29, 0.717) is 30.3 Å². The van der Waals surface area contributed by atoms with Gasteiger partial charge in [-0.1, -0.05) is 33.8 Å². The molecule has 1 aliphatic heterocycles. The molecule has 1 aromatic heterocycles. The quantitative estimate of drug-likeness (QED) is 0.776. The van der Waals surface area contributed by atoms with Gasteiger partial charge in [0, 0.05) is 17.9 Å². The lowest BCUT2D eigenvalue weighted by atomic mass is 9.88. The maximum atomic E-state index is 12.5. The van der Waals surface area contributed by atoms with Gasteiger partial charge in [-0.2, -0.15) is 0 Å². The normalized spacial score (nSPS) is 23.2. The predicted octanol–water partition coefficient (Wildman–Crippen LogP) is 4.79. The van der Waals surface area contributed by atoms with Gasteiger partial charge in [-0.05, 0) is 48.5 Å². The lowest BCUT2D eigenvalue weighted by molar-refractivity contribution is -0.124. The Morgan fingerprint density at radius 3 is 2.78 bits per heavy atom. The number of carbonyl (C=O) groups excluding carboxylic acids is 1. The maximum Gasteiger partial charge on any atom is 0.220 e. The van der Waals surface area contributed by atoms with Crippen molar-refractivity contribution in [3.8, 4) is 0 Å². The molecule has 1 fully saturated rings. The highest BCUT2D eigenvalue weighted by molar-refractivity contribution is 7.10. The number of ether oxygens (including phenoxy) is 1. The van der Waals surface area contributed by atoms with E-state index in [1.54, 1.807) is 11.3 Å². The van der Waals surface area contributed by atoms with Gasteiger partial charge in [0.1, 0.15) is 0 Å². The highest BCUT2D eigenvalue weighted by Crippen LogP contribution is 2.29. The van der Waals surface area contributed by atoms with Crippen molar-refractivity contribution in [3.63, 3.8) is 0 Å². The fourth-order valence-electron chi connectivity index (χ4n) is 3.27. The third-order valence-electron chi connectivity index (χ3n) is 4.57. The van der Waals surface area contributed by atoms with Crippen LogP contribution in [-0.4, -0.2) is 18.6 Å². The van der Waals surface area contributed by atoms with Crippen molar-refractivity contribution in [2.24, 2.45) is 17.8 Å². The van der Waals surface area contributed by atoms with Gasteiger partial charge < -0.3 is 10.1 Å². The number of nitrogens with one attached hydrogen (secondary N) is 1. The van der Waals surface area contributed by atoms with E-state index in [-0.39, 0.29) is 11.9 Å². The molecule has 0 aliphatic carbocycles. The second kappa shape index (κ2) is 8.84. The third-order valence-corrected chi connectivity index (χ3v) is 5.56. The number of thiophene rings is 1. The molecule has 3 atom stereocenters. The monoisotopic (exact) mass is 337 g/mol. The number of hydrogen-bond donors (Lipinski definition) is 1. The molecule has 4 heteroatoms. The molecule has 0 spiro atoms. The summed E-state index contributed by atoms with van der Waals surface area (Å²) in [5.41, 5.74) is 0. The first kappa shape index (κ1) is 18.5. The van der Waals surface area contributed by atoms with Gasteiger partial charge in [-0.3, -0.25) is 4.79 Å². The van der Waals surface area contributed by atoms with Gasteiger partial charge >= 0.3 is 0 Å². The van der Waals surface area contributed by atoms with Crippen LogP contribution >= 0.6 is 11.3 Å². The molecule has 3 nitrogen and oxygen atoms in total. The minimum atomic E-state index is 0.156. The van der Waals surface area contributed by atoms with Crippen LogP contribution in [0.2, 0.25) is 0 Å². The molecular weight excluding hydrogens is 306 g/mol. The summed E-state index contributed by atoms with van der Waals surface area (Å²) < 4.78 is 5.81. The van der Waals surface area contributed by atoms with Gasteiger partial charge in [0.15, 0.2) is 0 Å². The summed E-state index contributed by atoms with van der Waals surface area (Å²) in [4.78, 5) is 13.8. The molecule has 1 aromatic rings. The molecule has 0 aromatic carbocycles. The number of rotatable bonds is 7. The largest absolute Gasteiger partial charge is 0.378 e. The third kappa shape index (κ3) is 5.92. The lowest BCUT2D eigenvalue weighted by Gasteiger charge is -2.32. The molecule has 0 saturated carbocycles. The highest BCUT2D eigenvalue weighted by Gasteiger charge is 2.27. The molecule has 1 saturated heterocycles. The lowest BCUT2D eigenvalue weighted by Crippen LogP contribution is -2.35. The summed E-state index contributed by atoms with van der Waals surface area (Å²) in [6, 6.07) is 4.34. The molecule has 130 valence electrons. The van der Waals surface area contributed by atoms with Crippen LogP contribution in [0.15, 0.2) is 17.5 Å². The fraction of sp³-hybridized carbons (Fsp3) is 0.737. The predicted molar refractivity (Wildman–Crippen MR) is 96.6 cm³/mol. The maximum absolute atomic E-state index is 12.5. The van der Waals surface area contributed by atoms with E-state index < -0.39 is 0 Å². The second-order valence-corrected chi connectivity index (χ2v) is 8.49. The minimum Gasteiger partial charge on any atom is -0.378 e. The zero-order chi connectivity index (χ0) is 16.8. The molecule has 0 radical (unpaired) electrons. The van der Waals surface area contributed by atoms with Crippen molar-refractivity contribution in [1.29, 1.82) is 0 Å². The first-order valence-corrected chi connectivity index (χ1v) is 9.78. The smallest absolute Gasteiger partial charge is 0.220 e. The first-order valence-electron chi connectivity index (χ1n) is 8.90. The summed E-state index contributed by atoms with van der Waals surface area (Å²) >= 11 is 1.73. The van der Waals surface area contributed by atoms with E-state index in [1.807, 2.05) is 0 Å². The van der Waals surface area contributed by atoms with Gasteiger partial charge in [0.25, 0.3) is 0 Å². The Morgan fingerprint density at radius 2 is 2.17 bits per heavy atom. The molecule has 3 unspecified atom stereocenters. The molecule has 1 aliphatic rings. The summed E-state index contributed by atoms with van der Waals surface area (Å²) in [6.07, 6.45) is 3.95. The summed E-state index contributed by atoms with van der Waals surface area (Å²) in [5, 5.41) is 5.36. The molecule has 1 N–H and O–H groups in total. The van der Waals surface area contributed by atoms with E-state index in [1.165, 1.54) is 4.88 Å². The Bertz CT molecular complexity index is 470. The summed E-state index contributed by atoms with van der Waals surface area (Å²) in [7, 11) is 0. The van der Waals surface area contributed by atoms with Crippen LogP contribution in [0.1, 0.15) is 64.3 Å². The molecule has 23 heavy (non-hydrogen) atoms. The van der Waals surface area contributed by atoms with Crippen molar-refractivity contribution in [2.75, 3.05) is 6.61 Å². The van der Waals surface area contributed by atoms with E-state index >= 15 is 0 Å². The van der Waals surface area contributed by atoms with Gasteiger partial charge in [-0.15, -0.1) is 11.3 Å². The van der Waals surface area contributed by atoms with Gasteiger partial charge in [0.05, 0.1) is 12.1 Å². The van der Waals surface area contributed by atoms with Crippen LogP contribution in [0.5, 0.6) is 0 Å². The number of hydrogen-bond acceptors (Lipinski definition) is 3. The molecule has 1 amide bonds. The molecule has 0 bridgehead atoms.